The van der Waals surface area contributed by atoms with Gasteiger partial charge in [-0.25, -0.2) is 29.9 Å². The van der Waals surface area contributed by atoms with Gasteiger partial charge in [0.25, 0.3) is 0 Å². The molecule has 7 nitrogen and oxygen atoms in total. The molecule has 0 aliphatic heterocycles. The molecule has 0 fully saturated rings. The Morgan fingerprint density at radius 3 is 0.884 bits per heavy atom. The molecule has 0 amide bonds. The number of pyridine rings is 2. The largest absolute Gasteiger partial charge is 0.309 e. The van der Waals surface area contributed by atoms with Gasteiger partial charge in [0.2, 0.25) is 0 Å². The highest BCUT2D eigenvalue weighted by Gasteiger charge is 2.30. The summed E-state index contributed by atoms with van der Waals surface area (Å²) in [6, 6.07) is 132. The van der Waals surface area contributed by atoms with E-state index in [1.807, 2.05) is 127 Å². The van der Waals surface area contributed by atoms with Crippen LogP contribution in [-0.4, -0.2) is 29.9 Å². The van der Waals surface area contributed by atoms with Gasteiger partial charge in [-0.1, -0.05) is 340 Å². The zero-order valence-corrected chi connectivity index (χ0v) is 62.3. The first-order chi connectivity index (χ1) is 55.2. The third-order valence-electron chi connectivity index (χ3n) is 21.9. The van der Waals surface area contributed by atoms with Gasteiger partial charge in [-0.15, -0.1) is 0 Å². The molecule has 0 atom stereocenters. The maximum absolute atomic E-state index is 15.0. The van der Waals surface area contributed by atoms with Crippen molar-refractivity contribution in [3.63, 3.8) is 0 Å². The highest BCUT2D eigenvalue weighted by molar-refractivity contribution is 7.85. The number of nitrogens with zero attached hydrogens (tertiary/aromatic N) is 6. The summed E-state index contributed by atoms with van der Waals surface area (Å²) in [7, 11) is -3.09. The minimum Gasteiger partial charge on any atom is -0.309 e. The lowest BCUT2D eigenvalue weighted by atomic mass is 9.91. The Balaban J connectivity index is 0.000000146. The molecule has 0 radical (unpaired) electrons. The van der Waals surface area contributed by atoms with Gasteiger partial charge in [-0.3, -0.25) is 0 Å². The van der Waals surface area contributed by atoms with E-state index in [9.17, 15) is 0 Å². The van der Waals surface area contributed by atoms with Gasteiger partial charge in [-0.05, 0) is 122 Å². The molecule has 0 bridgehead atoms. The maximum atomic E-state index is 15.0. The Labute approximate surface area is 648 Å². The van der Waals surface area contributed by atoms with Gasteiger partial charge < -0.3 is 4.57 Å². The zero-order valence-electron chi connectivity index (χ0n) is 61.4. The minimum absolute atomic E-state index is 0.802. The van der Waals surface area contributed by atoms with Crippen molar-refractivity contribution in [1.82, 2.24) is 29.9 Å². The summed E-state index contributed by atoms with van der Waals surface area (Å²) in [5.74, 6) is 0. The third kappa shape index (κ3) is 11.7. The molecule has 112 heavy (non-hydrogen) atoms. The molecular formula is C104H69N6OP. The molecule has 17 aromatic carbocycles. The highest BCUT2D eigenvalue weighted by atomic mass is 31.2. The fraction of sp³-hybridized carbons (Fsp3) is 0.0192. The standard InChI is InChI=1S/C52H36N3OP.C52H33N3/c1-35-33-46-52(55-51(38-19-8-3-9-20-38)50(54-46)37-17-6-2-7-18-37)48-44-27-14-15-28-45(44)53-49(47(35)48)40-22-16-21-39(34-40)36-29-31-43(32-30-36)57(56,41-23-10-4-11-24-41)42-25-12-5-13-26-42;1-32-29-46-52(55-51(34-17-6-3-7-18-34)50(54-46)33-15-4-2-5-16-33)48-43-25-12-13-26-45(43)53-49(47(32)48)37-20-14-19-35(30-37)36-27-28-42-40-23-9-8-21-38(40)39-22-10-11-24-41(39)44(42)31-36/h2-34H,1H3;2-31H,1H3. The van der Waals surface area contributed by atoms with Crippen molar-refractivity contribution in [2.75, 3.05) is 0 Å². The average molecular weight is 1450 g/mol. The summed E-state index contributed by atoms with van der Waals surface area (Å²) in [4.78, 5) is 32.5. The molecule has 4 heterocycles. The van der Waals surface area contributed by atoms with Gasteiger partial charge >= 0.3 is 0 Å². The Kier molecular flexibility index (Phi) is 16.8. The maximum Gasteiger partial charge on any atom is 0.171 e. The molecule has 526 valence electrons. The lowest BCUT2D eigenvalue weighted by Crippen LogP contribution is -2.24. The van der Waals surface area contributed by atoms with Crippen LogP contribution >= 0.6 is 7.14 Å². The topological polar surface area (TPSA) is 94.4 Å². The van der Waals surface area contributed by atoms with E-state index < -0.39 is 7.14 Å². The monoisotopic (exact) mass is 1450 g/mol. The van der Waals surface area contributed by atoms with E-state index >= 15 is 4.57 Å². The second-order valence-corrected chi connectivity index (χ2v) is 31.5. The minimum atomic E-state index is -3.09. The number of aryl methyl sites for hydroxylation is 2. The summed E-state index contributed by atoms with van der Waals surface area (Å²) in [5, 5.41) is 16.5. The molecule has 0 saturated heterocycles. The first-order valence-corrected chi connectivity index (χ1v) is 39.6. The van der Waals surface area contributed by atoms with Crippen molar-refractivity contribution in [2.45, 2.75) is 13.8 Å². The van der Waals surface area contributed by atoms with Crippen molar-refractivity contribution >= 4 is 121 Å². The summed E-state index contributed by atoms with van der Waals surface area (Å²) in [6.45, 7) is 4.33. The van der Waals surface area contributed by atoms with E-state index in [2.05, 4.69) is 269 Å². The number of fused-ring (bicyclic) bond motifs is 16. The lowest BCUT2D eigenvalue weighted by molar-refractivity contribution is 0.592. The summed E-state index contributed by atoms with van der Waals surface area (Å²) < 4.78 is 15.0. The third-order valence-corrected chi connectivity index (χ3v) is 25.0. The fourth-order valence-electron chi connectivity index (χ4n) is 16.7. The van der Waals surface area contributed by atoms with Crippen LogP contribution in [0.3, 0.4) is 0 Å². The Morgan fingerprint density at radius 2 is 0.473 bits per heavy atom. The lowest BCUT2D eigenvalue weighted by Gasteiger charge is -2.20. The predicted octanol–water partition coefficient (Wildman–Crippen LogP) is 25.7. The van der Waals surface area contributed by atoms with Gasteiger partial charge in [0, 0.05) is 81.6 Å². The molecule has 0 saturated carbocycles. The average Bonchev–Trinajstić information content (AvgIpc) is 0.726. The smallest absolute Gasteiger partial charge is 0.171 e. The molecule has 21 aromatic rings. The first-order valence-electron chi connectivity index (χ1n) is 37.9. The van der Waals surface area contributed by atoms with Crippen LogP contribution in [0, 0.1) is 13.8 Å². The van der Waals surface area contributed by atoms with Crippen LogP contribution in [0.4, 0.5) is 0 Å². The van der Waals surface area contributed by atoms with E-state index in [-0.39, 0.29) is 0 Å². The van der Waals surface area contributed by atoms with Gasteiger partial charge in [0.15, 0.2) is 7.14 Å². The zero-order chi connectivity index (χ0) is 74.8. The number of rotatable bonds is 11. The van der Waals surface area contributed by atoms with Gasteiger partial charge in [-0.2, -0.15) is 0 Å². The van der Waals surface area contributed by atoms with Crippen LogP contribution < -0.4 is 15.9 Å². The number of aromatic nitrogens is 6. The van der Waals surface area contributed by atoms with E-state index in [1.165, 1.54) is 37.9 Å². The first kappa shape index (κ1) is 67.1. The van der Waals surface area contributed by atoms with Crippen molar-refractivity contribution in [2.24, 2.45) is 0 Å². The Hall–Kier alpha value is -14.2. The molecule has 0 N–H and O–H groups in total. The van der Waals surface area contributed by atoms with Gasteiger partial charge in [0.1, 0.15) is 0 Å². The van der Waals surface area contributed by atoms with Crippen molar-refractivity contribution in [3.05, 3.63) is 393 Å². The molecule has 21 rings (SSSR count). The quantitative estimate of drug-likeness (QED) is 0.0940. The second kappa shape index (κ2) is 28.1. The van der Waals surface area contributed by atoms with E-state index in [0.29, 0.717) is 0 Å². The Morgan fingerprint density at radius 1 is 0.188 bits per heavy atom. The normalized spacial score (nSPS) is 11.7. The van der Waals surface area contributed by atoms with Crippen LogP contribution in [0.15, 0.2) is 382 Å². The summed E-state index contributed by atoms with van der Waals surface area (Å²) in [6.07, 6.45) is 0. The second-order valence-electron chi connectivity index (χ2n) is 28.7. The number of hydrogen-bond donors (Lipinski definition) is 0. The van der Waals surface area contributed by atoms with Gasteiger partial charge in [0.05, 0.1) is 67.3 Å². The summed E-state index contributed by atoms with van der Waals surface area (Å²) >= 11 is 0. The SMILES string of the molecule is Cc1cc2nc(-c3ccccc3)c(-c3ccccc3)nc2c2c1c(-c1cccc(-c3ccc(P(=O)(c4ccccc4)c4ccccc4)cc3)c1)nc1ccccc12.Cc1cc2nc(-c3ccccc3)c(-c3ccccc3)nc2c2c1c(-c1cccc(-c3ccc4c5ccccc5c5ccccc5c4c3)c1)nc1ccccc12. The van der Waals surface area contributed by atoms with Crippen LogP contribution in [0.25, 0.3) is 188 Å². The molecule has 0 spiro atoms. The van der Waals surface area contributed by atoms with Crippen LogP contribution in [0.1, 0.15) is 11.1 Å². The molecule has 4 aromatic heterocycles. The Bertz CT molecular complexity index is 7250. The fourth-order valence-corrected chi connectivity index (χ4v) is 19.3. The molecule has 0 unspecified atom stereocenters. The van der Waals surface area contributed by atoms with E-state index in [1.54, 1.807) is 0 Å². The van der Waals surface area contributed by atoms with Crippen LogP contribution in [-0.2, 0) is 4.57 Å². The van der Waals surface area contributed by atoms with E-state index in [4.69, 9.17) is 29.9 Å². The van der Waals surface area contributed by atoms with Crippen molar-refractivity contribution in [1.29, 1.82) is 0 Å². The van der Waals surface area contributed by atoms with Crippen LogP contribution in [0.5, 0.6) is 0 Å². The summed E-state index contributed by atoms with van der Waals surface area (Å²) in [5.41, 5.74) is 23.4. The van der Waals surface area contributed by atoms with E-state index in [0.717, 1.165) is 177 Å². The number of para-hydroxylation sites is 2. The van der Waals surface area contributed by atoms with Crippen molar-refractivity contribution in [3.8, 4) is 89.8 Å². The highest BCUT2D eigenvalue weighted by Crippen LogP contribution is 2.47. The molecule has 8 heteroatoms. The molecule has 0 aliphatic carbocycles. The van der Waals surface area contributed by atoms with Crippen molar-refractivity contribution < 1.29 is 4.57 Å². The van der Waals surface area contributed by atoms with Crippen LogP contribution in [0.2, 0.25) is 0 Å². The number of benzene rings is 17. The molecule has 0 aliphatic rings. The predicted molar refractivity (Wildman–Crippen MR) is 470 cm³/mol. The molecular weight excluding hydrogens is 1380 g/mol. The number of hydrogen-bond acceptors (Lipinski definition) is 7.